The predicted molar refractivity (Wildman–Crippen MR) is 110 cm³/mol. The minimum atomic E-state index is -0.320. The lowest BCUT2D eigenvalue weighted by Crippen LogP contribution is -2.48. The highest BCUT2D eigenvalue weighted by Gasteiger charge is 2.22. The lowest BCUT2D eigenvalue weighted by atomic mass is 10.0. The summed E-state index contributed by atoms with van der Waals surface area (Å²) in [7, 11) is 0. The van der Waals surface area contributed by atoms with Crippen LogP contribution in [0, 0.1) is 12.7 Å². The van der Waals surface area contributed by atoms with E-state index < -0.39 is 0 Å². The number of aryl methyl sites for hydroxylation is 2. The van der Waals surface area contributed by atoms with Crippen LogP contribution in [0.3, 0.4) is 0 Å². The highest BCUT2D eigenvalue weighted by Crippen LogP contribution is 2.24. The Bertz CT molecular complexity index is 993. The number of carbonyl (C=O) groups is 1. The van der Waals surface area contributed by atoms with E-state index in [2.05, 4.69) is 41.2 Å². The molecule has 1 aliphatic rings. The van der Waals surface area contributed by atoms with Gasteiger partial charge in [-0.2, -0.15) is 0 Å². The topological polar surface area (TPSA) is 49.6 Å². The van der Waals surface area contributed by atoms with Gasteiger partial charge >= 0.3 is 0 Å². The summed E-state index contributed by atoms with van der Waals surface area (Å²) in [6.07, 6.45) is 2.45. The summed E-state index contributed by atoms with van der Waals surface area (Å²) >= 11 is 0. The van der Waals surface area contributed by atoms with E-state index in [0.29, 0.717) is 37.2 Å². The average molecular weight is 393 g/mol. The first-order valence-electron chi connectivity index (χ1n) is 9.89. The van der Waals surface area contributed by atoms with Crippen LogP contribution in [0.2, 0.25) is 0 Å². The van der Waals surface area contributed by atoms with Gasteiger partial charge in [-0.25, -0.2) is 4.39 Å². The molecule has 1 amide bonds. The van der Waals surface area contributed by atoms with Crippen molar-refractivity contribution in [2.45, 2.75) is 19.8 Å². The van der Waals surface area contributed by atoms with Crippen molar-refractivity contribution in [2.75, 3.05) is 31.1 Å². The molecule has 0 atom stereocenters. The van der Waals surface area contributed by atoms with E-state index in [-0.39, 0.29) is 11.7 Å². The summed E-state index contributed by atoms with van der Waals surface area (Å²) in [6, 6.07) is 14.7. The monoisotopic (exact) mass is 393 g/mol. The van der Waals surface area contributed by atoms with Crippen LogP contribution in [0.15, 0.2) is 59.3 Å². The largest absolute Gasteiger partial charge is 0.368 e. The molecule has 5 nitrogen and oxygen atoms in total. The van der Waals surface area contributed by atoms with Crippen LogP contribution in [0.1, 0.15) is 17.5 Å². The second kappa shape index (κ2) is 8.47. The van der Waals surface area contributed by atoms with E-state index in [0.717, 1.165) is 18.7 Å². The summed E-state index contributed by atoms with van der Waals surface area (Å²) in [5.41, 5.74) is 4.53. The second-order valence-electron chi connectivity index (χ2n) is 7.41. The zero-order valence-corrected chi connectivity index (χ0v) is 16.5. The molecular formula is C23H24FN3O2. The van der Waals surface area contributed by atoms with Crippen molar-refractivity contribution in [1.82, 2.24) is 10.1 Å². The first-order chi connectivity index (χ1) is 14.1. The number of aromatic nitrogens is 1. The van der Waals surface area contributed by atoms with E-state index in [1.54, 1.807) is 18.4 Å². The number of hydrogen-bond donors (Lipinski definition) is 0. The Morgan fingerprint density at radius 1 is 1.10 bits per heavy atom. The van der Waals surface area contributed by atoms with Gasteiger partial charge in [0.05, 0.1) is 0 Å². The first-order valence-corrected chi connectivity index (χ1v) is 9.89. The number of hydrogen-bond acceptors (Lipinski definition) is 4. The normalized spacial score (nSPS) is 14.3. The molecule has 0 radical (unpaired) electrons. The van der Waals surface area contributed by atoms with Gasteiger partial charge in [0.2, 0.25) is 5.91 Å². The Morgan fingerprint density at radius 3 is 2.66 bits per heavy atom. The zero-order chi connectivity index (χ0) is 20.2. The lowest BCUT2D eigenvalue weighted by molar-refractivity contribution is -0.131. The van der Waals surface area contributed by atoms with Crippen molar-refractivity contribution in [1.29, 1.82) is 0 Å². The predicted octanol–water partition coefficient (Wildman–Crippen LogP) is 4.07. The lowest BCUT2D eigenvalue weighted by Gasteiger charge is -2.36. The van der Waals surface area contributed by atoms with Crippen molar-refractivity contribution in [3.63, 3.8) is 0 Å². The van der Waals surface area contributed by atoms with Crippen molar-refractivity contribution < 1.29 is 13.7 Å². The molecule has 29 heavy (non-hydrogen) atoms. The molecule has 0 aliphatic carbocycles. The van der Waals surface area contributed by atoms with Crippen LogP contribution >= 0.6 is 0 Å². The number of carbonyl (C=O) groups excluding carboxylic acids is 1. The van der Waals surface area contributed by atoms with Crippen molar-refractivity contribution in [3.8, 4) is 11.3 Å². The zero-order valence-electron chi connectivity index (χ0n) is 16.5. The number of piperazine rings is 1. The molecule has 0 bridgehead atoms. The SMILES string of the molecule is Cc1cccc(N2CCN(C(=O)CCc3conc3-c3cccc(F)c3)CC2)c1. The summed E-state index contributed by atoms with van der Waals surface area (Å²) < 4.78 is 18.6. The number of halogens is 1. The van der Waals surface area contributed by atoms with Gasteiger partial charge in [0.15, 0.2) is 0 Å². The average Bonchev–Trinajstić information content (AvgIpc) is 3.21. The fourth-order valence-electron chi connectivity index (χ4n) is 3.75. The summed E-state index contributed by atoms with van der Waals surface area (Å²) in [6.45, 7) is 5.18. The Morgan fingerprint density at radius 2 is 1.90 bits per heavy atom. The molecule has 1 saturated heterocycles. The van der Waals surface area contributed by atoms with Gasteiger partial charge in [0, 0.05) is 49.4 Å². The molecule has 2 heterocycles. The molecule has 0 N–H and O–H groups in total. The maximum atomic E-state index is 13.5. The van der Waals surface area contributed by atoms with Gasteiger partial charge in [-0.3, -0.25) is 4.79 Å². The van der Waals surface area contributed by atoms with Crippen LogP contribution in [-0.2, 0) is 11.2 Å². The van der Waals surface area contributed by atoms with E-state index in [9.17, 15) is 9.18 Å². The quantitative estimate of drug-likeness (QED) is 0.656. The van der Waals surface area contributed by atoms with E-state index >= 15 is 0 Å². The van der Waals surface area contributed by atoms with Crippen molar-refractivity contribution in [3.05, 3.63) is 71.7 Å². The van der Waals surface area contributed by atoms with Gasteiger partial charge in [-0.05, 0) is 43.2 Å². The Balaban J connectivity index is 1.33. The molecule has 1 aliphatic heterocycles. The summed E-state index contributed by atoms with van der Waals surface area (Å²) in [5, 5.41) is 4.00. The molecule has 0 saturated carbocycles. The number of rotatable bonds is 5. The minimum absolute atomic E-state index is 0.125. The molecule has 2 aromatic carbocycles. The second-order valence-corrected chi connectivity index (χ2v) is 7.41. The number of nitrogens with zero attached hydrogens (tertiary/aromatic N) is 3. The third-order valence-corrected chi connectivity index (χ3v) is 5.35. The molecule has 4 rings (SSSR count). The fourth-order valence-corrected chi connectivity index (χ4v) is 3.75. The molecular weight excluding hydrogens is 369 g/mol. The Kier molecular flexibility index (Phi) is 5.60. The molecule has 6 heteroatoms. The molecule has 1 aromatic heterocycles. The third kappa shape index (κ3) is 4.47. The van der Waals surface area contributed by atoms with Crippen LogP contribution in [-0.4, -0.2) is 42.1 Å². The van der Waals surface area contributed by atoms with Crippen LogP contribution in [0.5, 0.6) is 0 Å². The van der Waals surface area contributed by atoms with Gasteiger partial charge in [0.1, 0.15) is 17.8 Å². The van der Waals surface area contributed by atoms with Crippen LogP contribution in [0.25, 0.3) is 11.3 Å². The van der Waals surface area contributed by atoms with Crippen LogP contribution < -0.4 is 4.90 Å². The number of anilines is 1. The third-order valence-electron chi connectivity index (χ3n) is 5.35. The summed E-state index contributed by atoms with van der Waals surface area (Å²) in [4.78, 5) is 16.9. The van der Waals surface area contributed by atoms with Gasteiger partial charge in [-0.1, -0.05) is 29.4 Å². The van der Waals surface area contributed by atoms with E-state index in [4.69, 9.17) is 4.52 Å². The molecule has 150 valence electrons. The number of benzene rings is 2. The van der Waals surface area contributed by atoms with E-state index in [1.165, 1.54) is 23.4 Å². The molecule has 0 spiro atoms. The summed E-state index contributed by atoms with van der Waals surface area (Å²) in [5.74, 6) is -0.195. The first kappa shape index (κ1) is 19.2. The van der Waals surface area contributed by atoms with Crippen molar-refractivity contribution in [2.24, 2.45) is 0 Å². The van der Waals surface area contributed by atoms with Gasteiger partial charge < -0.3 is 14.3 Å². The smallest absolute Gasteiger partial charge is 0.223 e. The molecule has 0 unspecified atom stereocenters. The molecule has 1 fully saturated rings. The fraction of sp³-hybridized carbons (Fsp3) is 0.304. The Labute approximate surface area is 169 Å². The van der Waals surface area contributed by atoms with Gasteiger partial charge in [-0.15, -0.1) is 0 Å². The number of amides is 1. The van der Waals surface area contributed by atoms with Crippen LogP contribution in [0.4, 0.5) is 10.1 Å². The highest BCUT2D eigenvalue weighted by molar-refractivity contribution is 5.77. The highest BCUT2D eigenvalue weighted by atomic mass is 19.1. The maximum Gasteiger partial charge on any atom is 0.223 e. The molecule has 3 aromatic rings. The standard InChI is InChI=1S/C23H24FN3O2/c1-17-4-2-7-21(14-17)26-10-12-27(13-11-26)22(28)9-8-19-16-29-25-23(19)18-5-3-6-20(24)15-18/h2-7,14-16H,8-13H2,1H3. The van der Waals surface area contributed by atoms with Crippen molar-refractivity contribution >= 4 is 11.6 Å². The minimum Gasteiger partial charge on any atom is -0.368 e. The maximum absolute atomic E-state index is 13.5. The van der Waals surface area contributed by atoms with E-state index in [1.807, 2.05) is 4.90 Å². The van der Waals surface area contributed by atoms with Gasteiger partial charge in [0.25, 0.3) is 0 Å². The Hall–Kier alpha value is -3.15.